The van der Waals surface area contributed by atoms with E-state index in [2.05, 4.69) is 28.1 Å². The Hall–Kier alpha value is -2.45. The molecule has 3 N–H and O–H groups in total. The standard InChI is InChI=1S/C24H37N5O3/c1-5-19(26-22(30)16(3)25-4)24(32)29-21(14-15-28(29)6-2)23(31)27-20-13-9-11-17-10-7-8-12-18(17)20/h7-8,10,12,16,19-21,25H,5-6,9,11,13-15H2,1-4H3,(H,26,30)(H,27,31)/t16-,19-,20?,21-/m0/s1. The SMILES string of the molecule is CC[C@H](NC(=O)[C@H](C)NC)C(=O)N1[C@H](C(=O)NC2CCCc3ccccc32)CCN1CC. The number of fused-ring (bicyclic) bond motifs is 1. The van der Waals surface area contributed by atoms with Crippen LogP contribution in [-0.2, 0) is 20.8 Å². The van der Waals surface area contributed by atoms with Crippen molar-refractivity contribution in [3.8, 4) is 0 Å². The molecular weight excluding hydrogens is 406 g/mol. The Bertz CT molecular complexity index is 830. The summed E-state index contributed by atoms with van der Waals surface area (Å²) >= 11 is 0. The predicted octanol–water partition coefficient (Wildman–Crippen LogP) is 1.52. The molecule has 0 spiro atoms. The zero-order valence-corrected chi connectivity index (χ0v) is 19.7. The molecule has 1 fully saturated rings. The number of carbonyl (C=O) groups excluding carboxylic acids is 3. The number of likely N-dealkylation sites (N-methyl/N-ethyl adjacent to an activating group) is 1. The van der Waals surface area contributed by atoms with Crippen LogP contribution >= 0.6 is 0 Å². The normalized spacial score (nSPS) is 22.7. The Kier molecular flexibility index (Phi) is 8.26. The van der Waals surface area contributed by atoms with E-state index in [1.807, 2.05) is 31.0 Å². The average molecular weight is 444 g/mol. The van der Waals surface area contributed by atoms with Crippen LogP contribution < -0.4 is 16.0 Å². The van der Waals surface area contributed by atoms with Crippen molar-refractivity contribution in [3.63, 3.8) is 0 Å². The first-order chi connectivity index (χ1) is 15.4. The predicted molar refractivity (Wildman–Crippen MR) is 124 cm³/mol. The van der Waals surface area contributed by atoms with Gasteiger partial charge < -0.3 is 16.0 Å². The lowest BCUT2D eigenvalue weighted by Gasteiger charge is -2.35. The van der Waals surface area contributed by atoms with Gasteiger partial charge in [0.05, 0.1) is 12.1 Å². The fourth-order valence-electron chi connectivity index (χ4n) is 4.64. The van der Waals surface area contributed by atoms with Gasteiger partial charge in [-0.25, -0.2) is 5.01 Å². The molecule has 3 amide bonds. The summed E-state index contributed by atoms with van der Waals surface area (Å²) in [7, 11) is 1.70. The lowest BCUT2D eigenvalue weighted by molar-refractivity contribution is -0.155. The molecule has 1 aliphatic heterocycles. The van der Waals surface area contributed by atoms with Gasteiger partial charge in [-0.2, -0.15) is 0 Å². The monoisotopic (exact) mass is 443 g/mol. The zero-order valence-electron chi connectivity index (χ0n) is 19.7. The number of benzene rings is 1. The number of hydrogen-bond donors (Lipinski definition) is 3. The molecule has 1 aliphatic carbocycles. The van der Waals surface area contributed by atoms with Crippen molar-refractivity contribution in [1.82, 2.24) is 26.0 Å². The van der Waals surface area contributed by atoms with Crippen LogP contribution in [0.15, 0.2) is 24.3 Å². The largest absolute Gasteiger partial charge is 0.347 e. The zero-order chi connectivity index (χ0) is 23.3. The number of hydrazine groups is 1. The minimum absolute atomic E-state index is 0.0294. The first-order valence-electron chi connectivity index (χ1n) is 11.8. The van der Waals surface area contributed by atoms with Gasteiger partial charge in [0.1, 0.15) is 12.1 Å². The third-order valence-electron chi connectivity index (χ3n) is 6.69. The van der Waals surface area contributed by atoms with E-state index in [1.54, 1.807) is 19.0 Å². The maximum atomic E-state index is 13.5. The van der Waals surface area contributed by atoms with Crippen LogP contribution in [0.5, 0.6) is 0 Å². The molecule has 2 aliphatic rings. The molecular formula is C24H37N5O3. The highest BCUT2D eigenvalue weighted by molar-refractivity contribution is 5.93. The van der Waals surface area contributed by atoms with Crippen molar-refractivity contribution in [3.05, 3.63) is 35.4 Å². The molecule has 8 nitrogen and oxygen atoms in total. The number of nitrogens with one attached hydrogen (secondary N) is 3. The van der Waals surface area contributed by atoms with Gasteiger partial charge in [0.25, 0.3) is 5.91 Å². The van der Waals surface area contributed by atoms with E-state index in [1.165, 1.54) is 11.1 Å². The summed E-state index contributed by atoms with van der Waals surface area (Å²) in [5.41, 5.74) is 2.46. The van der Waals surface area contributed by atoms with Crippen molar-refractivity contribution in [2.75, 3.05) is 20.1 Å². The van der Waals surface area contributed by atoms with Crippen LogP contribution in [-0.4, -0.2) is 66.0 Å². The molecule has 0 saturated carbocycles. The maximum Gasteiger partial charge on any atom is 0.260 e. The first-order valence-corrected chi connectivity index (χ1v) is 11.8. The van der Waals surface area contributed by atoms with Crippen molar-refractivity contribution < 1.29 is 14.4 Å². The minimum Gasteiger partial charge on any atom is -0.347 e. The molecule has 1 aromatic rings. The van der Waals surface area contributed by atoms with Gasteiger partial charge >= 0.3 is 0 Å². The molecule has 0 radical (unpaired) electrons. The number of nitrogens with zero attached hydrogens (tertiary/aromatic N) is 2. The van der Waals surface area contributed by atoms with E-state index in [4.69, 9.17) is 0 Å². The lowest BCUT2D eigenvalue weighted by atomic mass is 9.87. The maximum absolute atomic E-state index is 13.5. The number of rotatable bonds is 8. The van der Waals surface area contributed by atoms with E-state index in [-0.39, 0.29) is 23.8 Å². The van der Waals surface area contributed by atoms with Gasteiger partial charge in [-0.1, -0.05) is 38.1 Å². The highest BCUT2D eigenvalue weighted by atomic mass is 16.2. The third kappa shape index (κ3) is 5.13. The smallest absolute Gasteiger partial charge is 0.260 e. The number of amides is 3. The van der Waals surface area contributed by atoms with Gasteiger partial charge in [0, 0.05) is 13.1 Å². The molecule has 4 atom stereocenters. The van der Waals surface area contributed by atoms with Crippen molar-refractivity contribution >= 4 is 17.7 Å². The minimum atomic E-state index is -0.670. The van der Waals surface area contributed by atoms with Gasteiger partial charge in [0.15, 0.2) is 0 Å². The Morgan fingerprint density at radius 1 is 1.16 bits per heavy atom. The molecule has 8 heteroatoms. The highest BCUT2D eigenvalue weighted by Crippen LogP contribution is 2.30. The summed E-state index contributed by atoms with van der Waals surface area (Å²) in [6.45, 7) is 6.85. The summed E-state index contributed by atoms with van der Waals surface area (Å²) in [5.74, 6) is -0.580. The van der Waals surface area contributed by atoms with Crippen molar-refractivity contribution in [1.29, 1.82) is 0 Å². The number of aryl methyl sites for hydroxylation is 1. The molecule has 176 valence electrons. The first kappa shape index (κ1) is 24.2. The molecule has 1 saturated heterocycles. The van der Waals surface area contributed by atoms with E-state index >= 15 is 0 Å². The lowest BCUT2D eigenvalue weighted by Crippen LogP contribution is -2.58. The van der Waals surface area contributed by atoms with E-state index in [0.29, 0.717) is 25.9 Å². The highest BCUT2D eigenvalue weighted by Gasteiger charge is 2.42. The molecule has 0 bridgehead atoms. The Labute approximate surface area is 191 Å². The quantitative estimate of drug-likeness (QED) is 0.566. The molecule has 1 heterocycles. The Morgan fingerprint density at radius 2 is 1.91 bits per heavy atom. The van der Waals surface area contributed by atoms with E-state index < -0.39 is 18.1 Å². The van der Waals surface area contributed by atoms with Gasteiger partial charge in [-0.15, -0.1) is 0 Å². The van der Waals surface area contributed by atoms with Gasteiger partial charge in [-0.3, -0.25) is 19.4 Å². The van der Waals surface area contributed by atoms with Crippen LogP contribution in [0.4, 0.5) is 0 Å². The van der Waals surface area contributed by atoms with E-state index in [0.717, 1.165) is 19.3 Å². The van der Waals surface area contributed by atoms with Crippen LogP contribution in [0, 0.1) is 0 Å². The fourth-order valence-corrected chi connectivity index (χ4v) is 4.64. The second-order valence-corrected chi connectivity index (χ2v) is 8.67. The Balaban J connectivity index is 1.75. The van der Waals surface area contributed by atoms with Crippen LogP contribution in [0.3, 0.4) is 0 Å². The second kappa shape index (κ2) is 10.9. The third-order valence-corrected chi connectivity index (χ3v) is 6.69. The van der Waals surface area contributed by atoms with Gasteiger partial charge in [0.2, 0.25) is 11.8 Å². The average Bonchev–Trinajstić information content (AvgIpc) is 3.26. The van der Waals surface area contributed by atoms with Crippen molar-refractivity contribution in [2.24, 2.45) is 0 Å². The van der Waals surface area contributed by atoms with Gasteiger partial charge in [-0.05, 0) is 57.2 Å². The fraction of sp³-hybridized carbons (Fsp3) is 0.625. The molecule has 0 aromatic heterocycles. The summed E-state index contributed by atoms with van der Waals surface area (Å²) in [5, 5.41) is 12.4. The van der Waals surface area contributed by atoms with Crippen LogP contribution in [0.25, 0.3) is 0 Å². The Morgan fingerprint density at radius 3 is 2.59 bits per heavy atom. The second-order valence-electron chi connectivity index (χ2n) is 8.67. The van der Waals surface area contributed by atoms with Crippen LogP contribution in [0.1, 0.15) is 63.6 Å². The summed E-state index contributed by atoms with van der Waals surface area (Å²) < 4.78 is 0. The number of hydrogen-bond acceptors (Lipinski definition) is 5. The summed E-state index contributed by atoms with van der Waals surface area (Å²) in [4.78, 5) is 39.2. The van der Waals surface area contributed by atoms with E-state index in [9.17, 15) is 14.4 Å². The summed E-state index contributed by atoms with van der Waals surface area (Å²) in [6.07, 6.45) is 4.00. The molecule has 1 aromatic carbocycles. The van der Waals surface area contributed by atoms with Crippen LogP contribution in [0.2, 0.25) is 0 Å². The molecule has 32 heavy (non-hydrogen) atoms. The number of carbonyl (C=O) groups is 3. The topological polar surface area (TPSA) is 93.8 Å². The molecule has 1 unspecified atom stereocenters. The molecule has 3 rings (SSSR count). The van der Waals surface area contributed by atoms with Crippen molar-refractivity contribution in [2.45, 2.75) is 77.0 Å². The summed E-state index contributed by atoms with van der Waals surface area (Å²) in [6, 6.07) is 6.59.